The number of amides is 2. The normalized spacial score (nSPS) is 13.7. The number of anilines is 2. The molecule has 2 amide bonds. The molecule has 172 valence electrons. The van der Waals surface area contributed by atoms with Gasteiger partial charge in [-0.05, 0) is 52.0 Å². The summed E-state index contributed by atoms with van der Waals surface area (Å²) in [7, 11) is 0. The fourth-order valence-electron chi connectivity index (χ4n) is 3.88. The molecule has 4 rings (SSSR count). The molecule has 1 aliphatic heterocycles. The topological polar surface area (TPSA) is 70.6 Å². The minimum atomic E-state index is -0.0882. The fraction of sp³-hybridized carbons (Fsp3) is 0.346. The van der Waals surface area contributed by atoms with E-state index in [1.807, 2.05) is 43.0 Å². The number of nitrogens with one attached hydrogen (secondary N) is 1. The van der Waals surface area contributed by atoms with Gasteiger partial charge in [0, 0.05) is 48.7 Å². The molecular formula is C26H31N5O2. The van der Waals surface area contributed by atoms with Crippen molar-refractivity contribution in [3.05, 3.63) is 65.4 Å². The Morgan fingerprint density at radius 3 is 2.24 bits per heavy atom. The zero-order valence-corrected chi connectivity index (χ0v) is 19.8. The molecule has 0 atom stereocenters. The van der Waals surface area contributed by atoms with Gasteiger partial charge in [-0.3, -0.25) is 0 Å². The lowest BCUT2D eigenvalue weighted by Gasteiger charge is -2.36. The SMILES string of the molecule is CCOc1ccc(NC(=O)N2CCN(c3nc(-c4ccc(C)cc4)nc(C)c3C)CC2)cc1. The van der Waals surface area contributed by atoms with Gasteiger partial charge >= 0.3 is 6.03 Å². The van der Waals surface area contributed by atoms with Gasteiger partial charge in [0.2, 0.25) is 0 Å². The number of carbonyl (C=O) groups excluding carboxylic acids is 1. The van der Waals surface area contributed by atoms with Crippen LogP contribution in [0.4, 0.5) is 16.3 Å². The van der Waals surface area contributed by atoms with Crippen LogP contribution in [0, 0.1) is 20.8 Å². The van der Waals surface area contributed by atoms with Crippen LogP contribution in [-0.2, 0) is 0 Å². The molecule has 1 saturated heterocycles. The number of piperazine rings is 1. The molecule has 0 aliphatic carbocycles. The summed E-state index contributed by atoms with van der Waals surface area (Å²) in [5.74, 6) is 2.48. The first-order valence-corrected chi connectivity index (χ1v) is 11.4. The molecule has 33 heavy (non-hydrogen) atoms. The summed E-state index contributed by atoms with van der Waals surface area (Å²) in [6.07, 6.45) is 0. The van der Waals surface area contributed by atoms with Gasteiger partial charge in [-0.2, -0.15) is 0 Å². The minimum Gasteiger partial charge on any atom is -0.494 e. The Hall–Kier alpha value is -3.61. The van der Waals surface area contributed by atoms with Crippen molar-refractivity contribution in [1.29, 1.82) is 0 Å². The van der Waals surface area contributed by atoms with E-state index in [-0.39, 0.29) is 6.03 Å². The molecule has 1 aromatic heterocycles. The largest absolute Gasteiger partial charge is 0.494 e. The van der Waals surface area contributed by atoms with E-state index < -0.39 is 0 Å². The number of hydrogen-bond acceptors (Lipinski definition) is 5. The Morgan fingerprint density at radius 1 is 0.939 bits per heavy atom. The lowest BCUT2D eigenvalue weighted by molar-refractivity contribution is 0.208. The van der Waals surface area contributed by atoms with Crippen molar-refractivity contribution in [3.8, 4) is 17.1 Å². The van der Waals surface area contributed by atoms with Crippen LogP contribution in [0.25, 0.3) is 11.4 Å². The third-order valence-electron chi connectivity index (χ3n) is 5.96. The second-order valence-electron chi connectivity index (χ2n) is 8.31. The Balaban J connectivity index is 1.42. The lowest BCUT2D eigenvalue weighted by atomic mass is 10.1. The highest BCUT2D eigenvalue weighted by atomic mass is 16.5. The summed E-state index contributed by atoms with van der Waals surface area (Å²) in [6, 6.07) is 15.6. The maximum atomic E-state index is 12.7. The van der Waals surface area contributed by atoms with E-state index in [2.05, 4.69) is 48.3 Å². The Labute approximate surface area is 195 Å². The average Bonchev–Trinajstić information content (AvgIpc) is 2.83. The first kappa shape index (κ1) is 22.6. The third kappa shape index (κ3) is 5.25. The van der Waals surface area contributed by atoms with Crippen molar-refractivity contribution in [2.45, 2.75) is 27.7 Å². The molecule has 0 unspecified atom stereocenters. The molecule has 1 aliphatic rings. The van der Waals surface area contributed by atoms with Crippen LogP contribution in [0.5, 0.6) is 5.75 Å². The molecule has 2 aromatic carbocycles. The number of rotatable bonds is 5. The molecule has 7 nitrogen and oxygen atoms in total. The molecular weight excluding hydrogens is 414 g/mol. The van der Waals surface area contributed by atoms with E-state index in [9.17, 15) is 4.79 Å². The van der Waals surface area contributed by atoms with Gasteiger partial charge in [0.15, 0.2) is 5.82 Å². The molecule has 0 radical (unpaired) electrons. The van der Waals surface area contributed by atoms with E-state index in [4.69, 9.17) is 14.7 Å². The molecule has 1 N–H and O–H groups in total. The summed E-state index contributed by atoms with van der Waals surface area (Å²) in [5, 5.41) is 2.98. The Morgan fingerprint density at radius 2 is 1.61 bits per heavy atom. The van der Waals surface area contributed by atoms with Crippen molar-refractivity contribution in [2.24, 2.45) is 0 Å². The Kier molecular flexibility index (Phi) is 6.77. The van der Waals surface area contributed by atoms with Gasteiger partial charge in [0.05, 0.1) is 6.61 Å². The van der Waals surface area contributed by atoms with Crippen molar-refractivity contribution >= 4 is 17.5 Å². The maximum Gasteiger partial charge on any atom is 0.321 e. The maximum absolute atomic E-state index is 12.7. The van der Waals surface area contributed by atoms with Crippen LogP contribution < -0.4 is 15.0 Å². The first-order valence-electron chi connectivity index (χ1n) is 11.4. The highest BCUT2D eigenvalue weighted by Gasteiger charge is 2.24. The van der Waals surface area contributed by atoms with Gasteiger partial charge in [-0.1, -0.05) is 29.8 Å². The van der Waals surface area contributed by atoms with Gasteiger partial charge in [0.1, 0.15) is 11.6 Å². The van der Waals surface area contributed by atoms with E-state index in [0.717, 1.165) is 53.0 Å². The van der Waals surface area contributed by atoms with E-state index in [1.165, 1.54) is 5.56 Å². The van der Waals surface area contributed by atoms with Crippen molar-refractivity contribution in [1.82, 2.24) is 14.9 Å². The lowest BCUT2D eigenvalue weighted by Crippen LogP contribution is -2.50. The van der Waals surface area contributed by atoms with Crippen molar-refractivity contribution in [2.75, 3.05) is 43.0 Å². The highest BCUT2D eigenvalue weighted by molar-refractivity contribution is 5.89. The molecule has 1 fully saturated rings. The van der Waals surface area contributed by atoms with Crippen LogP contribution in [0.1, 0.15) is 23.7 Å². The number of benzene rings is 2. The third-order valence-corrected chi connectivity index (χ3v) is 5.96. The Bertz CT molecular complexity index is 1100. The van der Waals surface area contributed by atoms with Gasteiger partial charge in [-0.15, -0.1) is 0 Å². The van der Waals surface area contributed by atoms with Crippen molar-refractivity contribution in [3.63, 3.8) is 0 Å². The summed E-state index contributed by atoms with van der Waals surface area (Å²) in [4.78, 5) is 26.5. The van der Waals surface area contributed by atoms with Gasteiger partial charge in [-0.25, -0.2) is 14.8 Å². The van der Waals surface area contributed by atoms with Crippen LogP contribution in [0.3, 0.4) is 0 Å². The zero-order valence-electron chi connectivity index (χ0n) is 19.8. The van der Waals surface area contributed by atoms with Gasteiger partial charge in [0.25, 0.3) is 0 Å². The summed E-state index contributed by atoms with van der Waals surface area (Å²) >= 11 is 0. The fourth-order valence-corrected chi connectivity index (χ4v) is 3.88. The van der Waals surface area contributed by atoms with Crippen molar-refractivity contribution < 1.29 is 9.53 Å². The molecule has 7 heteroatoms. The molecule has 0 saturated carbocycles. The van der Waals surface area contributed by atoms with E-state index in [0.29, 0.717) is 19.7 Å². The summed E-state index contributed by atoms with van der Waals surface area (Å²) < 4.78 is 5.46. The zero-order chi connectivity index (χ0) is 23.4. The predicted octanol–water partition coefficient (Wildman–Crippen LogP) is 4.82. The molecule has 2 heterocycles. The number of nitrogens with zero attached hydrogens (tertiary/aromatic N) is 4. The quantitative estimate of drug-likeness (QED) is 0.610. The highest BCUT2D eigenvalue weighted by Crippen LogP contribution is 2.26. The predicted molar refractivity (Wildman–Crippen MR) is 132 cm³/mol. The van der Waals surface area contributed by atoms with E-state index in [1.54, 1.807) is 0 Å². The first-order chi connectivity index (χ1) is 15.9. The van der Waals surface area contributed by atoms with Gasteiger partial charge < -0.3 is 19.9 Å². The summed E-state index contributed by atoms with van der Waals surface area (Å²) in [5.41, 5.74) is 5.04. The van der Waals surface area contributed by atoms with Crippen LogP contribution in [0.15, 0.2) is 48.5 Å². The van der Waals surface area contributed by atoms with E-state index >= 15 is 0 Å². The monoisotopic (exact) mass is 445 g/mol. The number of aromatic nitrogens is 2. The summed E-state index contributed by atoms with van der Waals surface area (Å²) in [6.45, 7) is 11.4. The number of hydrogen-bond donors (Lipinski definition) is 1. The number of ether oxygens (including phenoxy) is 1. The standard InChI is InChI=1S/C26H31N5O2/c1-5-33-23-12-10-22(11-13-23)28-26(32)31-16-14-30(15-17-31)25-19(3)20(4)27-24(29-25)21-8-6-18(2)7-9-21/h6-13H,5,14-17H2,1-4H3,(H,28,32). The molecule has 3 aromatic rings. The number of urea groups is 1. The second kappa shape index (κ2) is 9.90. The average molecular weight is 446 g/mol. The minimum absolute atomic E-state index is 0.0882. The number of carbonyl (C=O) groups is 1. The smallest absolute Gasteiger partial charge is 0.321 e. The molecule has 0 bridgehead atoms. The second-order valence-corrected chi connectivity index (χ2v) is 8.31. The molecule has 0 spiro atoms. The van der Waals surface area contributed by atoms with Crippen LogP contribution >= 0.6 is 0 Å². The van der Waals surface area contributed by atoms with Crippen LogP contribution in [0.2, 0.25) is 0 Å². The number of aryl methyl sites for hydroxylation is 2. The van der Waals surface area contributed by atoms with Crippen LogP contribution in [-0.4, -0.2) is 53.7 Å².